The lowest BCUT2D eigenvalue weighted by Crippen LogP contribution is -2.14. The average Bonchev–Trinajstić information content (AvgIpc) is 2.47. The Bertz CT molecular complexity index is 646. The summed E-state index contributed by atoms with van der Waals surface area (Å²) < 4.78 is 0. The second-order valence-electron chi connectivity index (χ2n) is 4.84. The monoisotopic (exact) mass is 283 g/mol. The van der Waals surface area contributed by atoms with Gasteiger partial charge < -0.3 is 16.0 Å². The normalized spacial score (nSPS) is 10.0. The smallest absolute Gasteiger partial charge is 0.255 e. The van der Waals surface area contributed by atoms with Gasteiger partial charge in [-0.3, -0.25) is 9.59 Å². The number of amides is 2. The zero-order valence-electron chi connectivity index (χ0n) is 12.0. The van der Waals surface area contributed by atoms with Crippen molar-refractivity contribution in [3.63, 3.8) is 0 Å². The summed E-state index contributed by atoms with van der Waals surface area (Å²) in [5.74, 6) is -0.746. The van der Waals surface area contributed by atoms with Crippen molar-refractivity contribution >= 4 is 23.2 Å². The number of nitrogens with zero attached hydrogens (tertiary/aromatic N) is 1. The highest BCUT2D eigenvalue weighted by Crippen LogP contribution is 2.16. The van der Waals surface area contributed by atoms with Gasteiger partial charge in [-0.25, -0.2) is 0 Å². The largest absolute Gasteiger partial charge is 0.378 e. The SMILES string of the molecule is CN(C)c1ccc(NC(=O)c2ccc(C(N)=O)cc2)cc1. The van der Waals surface area contributed by atoms with Gasteiger partial charge in [0.1, 0.15) is 0 Å². The highest BCUT2D eigenvalue weighted by molar-refractivity contribution is 6.05. The molecule has 0 unspecified atom stereocenters. The van der Waals surface area contributed by atoms with Crippen molar-refractivity contribution < 1.29 is 9.59 Å². The van der Waals surface area contributed by atoms with Crippen LogP contribution < -0.4 is 16.0 Å². The van der Waals surface area contributed by atoms with Crippen molar-refractivity contribution in [2.24, 2.45) is 5.73 Å². The molecule has 5 nitrogen and oxygen atoms in total. The Balaban J connectivity index is 2.08. The molecule has 2 rings (SSSR count). The maximum absolute atomic E-state index is 12.1. The molecule has 2 aromatic carbocycles. The molecule has 0 spiro atoms. The van der Waals surface area contributed by atoms with E-state index < -0.39 is 5.91 Å². The quantitative estimate of drug-likeness (QED) is 0.902. The van der Waals surface area contributed by atoms with Gasteiger partial charge in [0.25, 0.3) is 5.91 Å². The highest BCUT2D eigenvalue weighted by Gasteiger charge is 2.07. The summed E-state index contributed by atoms with van der Waals surface area (Å²) in [5, 5.41) is 2.80. The predicted octanol–water partition coefficient (Wildman–Crippen LogP) is 2.10. The molecule has 2 aromatic rings. The minimum atomic E-state index is -0.513. The van der Waals surface area contributed by atoms with E-state index in [1.54, 1.807) is 12.1 Å². The summed E-state index contributed by atoms with van der Waals surface area (Å²) in [6.45, 7) is 0. The van der Waals surface area contributed by atoms with Gasteiger partial charge >= 0.3 is 0 Å². The molecule has 0 atom stereocenters. The lowest BCUT2D eigenvalue weighted by atomic mass is 10.1. The summed E-state index contributed by atoms with van der Waals surface area (Å²) in [6.07, 6.45) is 0. The fraction of sp³-hybridized carbons (Fsp3) is 0.125. The van der Waals surface area contributed by atoms with Gasteiger partial charge in [-0.15, -0.1) is 0 Å². The number of nitrogens with one attached hydrogen (secondary N) is 1. The summed E-state index contributed by atoms with van der Waals surface area (Å²) >= 11 is 0. The lowest BCUT2D eigenvalue weighted by molar-refractivity contribution is 0.0995. The van der Waals surface area contributed by atoms with Crippen molar-refractivity contribution in [2.75, 3.05) is 24.3 Å². The molecular weight excluding hydrogens is 266 g/mol. The maximum atomic E-state index is 12.1. The van der Waals surface area contributed by atoms with Crippen LogP contribution in [0, 0.1) is 0 Å². The van der Waals surface area contributed by atoms with E-state index in [1.165, 1.54) is 12.1 Å². The third-order valence-corrected chi connectivity index (χ3v) is 3.07. The maximum Gasteiger partial charge on any atom is 0.255 e. The molecule has 0 fully saturated rings. The summed E-state index contributed by atoms with van der Waals surface area (Å²) in [7, 11) is 3.90. The van der Waals surface area contributed by atoms with Crippen LogP contribution in [0.1, 0.15) is 20.7 Å². The third-order valence-electron chi connectivity index (χ3n) is 3.07. The Kier molecular flexibility index (Phi) is 4.23. The van der Waals surface area contributed by atoms with Crippen molar-refractivity contribution in [1.29, 1.82) is 0 Å². The third kappa shape index (κ3) is 3.60. The molecule has 0 saturated heterocycles. The number of hydrogen-bond acceptors (Lipinski definition) is 3. The number of nitrogens with two attached hydrogens (primary N) is 1. The highest BCUT2D eigenvalue weighted by atomic mass is 16.2. The molecule has 0 aromatic heterocycles. The molecule has 108 valence electrons. The van der Waals surface area contributed by atoms with Crippen LogP contribution in [0.4, 0.5) is 11.4 Å². The number of primary amides is 1. The first-order valence-electron chi connectivity index (χ1n) is 6.46. The minimum absolute atomic E-state index is 0.233. The number of carbonyl (C=O) groups is 2. The first-order valence-corrected chi connectivity index (χ1v) is 6.46. The molecular formula is C16H17N3O2. The van der Waals surface area contributed by atoms with Crippen LogP contribution in [0.5, 0.6) is 0 Å². The second-order valence-corrected chi connectivity index (χ2v) is 4.84. The summed E-state index contributed by atoms with van der Waals surface area (Å²) in [6, 6.07) is 13.7. The van der Waals surface area contributed by atoms with Crippen LogP contribution in [0.2, 0.25) is 0 Å². The first-order chi connectivity index (χ1) is 9.97. The van der Waals surface area contributed by atoms with E-state index in [-0.39, 0.29) is 5.91 Å². The van der Waals surface area contributed by atoms with Crippen molar-refractivity contribution in [3.05, 3.63) is 59.7 Å². The van der Waals surface area contributed by atoms with Gasteiger partial charge in [0.15, 0.2) is 0 Å². The van der Waals surface area contributed by atoms with E-state index in [1.807, 2.05) is 43.3 Å². The molecule has 0 aliphatic heterocycles. The number of benzene rings is 2. The van der Waals surface area contributed by atoms with Crippen LogP contribution >= 0.6 is 0 Å². The zero-order chi connectivity index (χ0) is 15.4. The Morgan fingerprint density at radius 1 is 0.905 bits per heavy atom. The van der Waals surface area contributed by atoms with Crippen LogP contribution in [0.3, 0.4) is 0 Å². The number of rotatable bonds is 4. The number of carbonyl (C=O) groups excluding carboxylic acids is 2. The van der Waals surface area contributed by atoms with Crippen LogP contribution in [0.25, 0.3) is 0 Å². The lowest BCUT2D eigenvalue weighted by Gasteiger charge is -2.13. The van der Waals surface area contributed by atoms with Crippen LogP contribution in [-0.4, -0.2) is 25.9 Å². The zero-order valence-corrected chi connectivity index (χ0v) is 12.0. The van der Waals surface area contributed by atoms with Gasteiger partial charge in [0.05, 0.1) is 0 Å². The Labute approximate surface area is 123 Å². The van der Waals surface area contributed by atoms with E-state index in [9.17, 15) is 9.59 Å². The fourth-order valence-electron chi connectivity index (χ4n) is 1.83. The van der Waals surface area contributed by atoms with E-state index in [2.05, 4.69) is 5.32 Å². The van der Waals surface area contributed by atoms with Crippen molar-refractivity contribution in [1.82, 2.24) is 0 Å². The standard InChI is InChI=1S/C16H17N3O2/c1-19(2)14-9-7-13(8-10-14)18-16(21)12-5-3-11(4-6-12)15(17)20/h3-10H,1-2H3,(H2,17,20)(H,18,21). The topological polar surface area (TPSA) is 75.4 Å². The van der Waals surface area contributed by atoms with E-state index in [0.29, 0.717) is 16.8 Å². The van der Waals surface area contributed by atoms with E-state index in [0.717, 1.165) is 5.69 Å². The molecule has 0 saturated carbocycles. The molecule has 3 N–H and O–H groups in total. The molecule has 21 heavy (non-hydrogen) atoms. The Morgan fingerprint density at radius 3 is 1.90 bits per heavy atom. The number of anilines is 2. The minimum Gasteiger partial charge on any atom is -0.378 e. The summed E-state index contributed by atoms with van der Waals surface area (Å²) in [5.41, 5.74) is 7.77. The van der Waals surface area contributed by atoms with Crippen molar-refractivity contribution in [3.8, 4) is 0 Å². The van der Waals surface area contributed by atoms with Crippen molar-refractivity contribution in [2.45, 2.75) is 0 Å². The molecule has 0 aliphatic carbocycles. The average molecular weight is 283 g/mol. The van der Waals surface area contributed by atoms with E-state index >= 15 is 0 Å². The predicted molar refractivity (Wildman–Crippen MR) is 83.7 cm³/mol. The Morgan fingerprint density at radius 2 is 1.43 bits per heavy atom. The molecule has 0 heterocycles. The van der Waals surface area contributed by atoms with Crippen LogP contribution in [-0.2, 0) is 0 Å². The molecule has 0 bridgehead atoms. The van der Waals surface area contributed by atoms with Gasteiger partial charge in [0.2, 0.25) is 5.91 Å². The first kappa shape index (κ1) is 14.6. The second kappa shape index (κ2) is 6.09. The van der Waals surface area contributed by atoms with Gasteiger partial charge in [-0.05, 0) is 48.5 Å². The molecule has 2 amide bonds. The van der Waals surface area contributed by atoms with E-state index in [4.69, 9.17) is 5.73 Å². The number of hydrogen-bond donors (Lipinski definition) is 2. The summed E-state index contributed by atoms with van der Waals surface area (Å²) in [4.78, 5) is 25.0. The molecule has 5 heteroatoms. The van der Waals surface area contributed by atoms with Gasteiger partial charge in [-0.2, -0.15) is 0 Å². The Hall–Kier alpha value is -2.82. The van der Waals surface area contributed by atoms with Gasteiger partial charge in [-0.1, -0.05) is 0 Å². The fourth-order valence-corrected chi connectivity index (χ4v) is 1.83. The molecule has 0 radical (unpaired) electrons. The van der Waals surface area contributed by atoms with Gasteiger partial charge in [0, 0.05) is 36.6 Å². The van der Waals surface area contributed by atoms with Crippen LogP contribution in [0.15, 0.2) is 48.5 Å². The molecule has 0 aliphatic rings.